The van der Waals surface area contributed by atoms with Gasteiger partial charge >= 0.3 is 23.3 Å². The highest BCUT2D eigenvalue weighted by Crippen LogP contribution is 2.40. The molecule has 0 radical (unpaired) electrons. The highest BCUT2D eigenvalue weighted by Gasteiger charge is 2.37. The molecule has 0 unspecified atom stereocenters. The first kappa shape index (κ1) is 13.8. The molecule has 11 nitrogen and oxygen atoms in total. The van der Waals surface area contributed by atoms with E-state index in [1.165, 1.54) is 0 Å². The van der Waals surface area contributed by atoms with Crippen LogP contribution in [-0.2, 0) is 0 Å². The van der Waals surface area contributed by atoms with Gasteiger partial charge in [0.15, 0.2) is 0 Å². The van der Waals surface area contributed by atoms with Crippen LogP contribution in [0.4, 0.5) is 11.4 Å². The number of nitro benzene ring substituents is 2. The molecule has 1 rings (SSSR count). The van der Waals surface area contributed by atoms with Gasteiger partial charge in [0, 0.05) is 6.07 Å². The van der Waals surface area contributed by atoms with Crippen LogP contribution in [0.2, 0.25) is 0 Å². The van der Waals surface area contributed by atoms with Gasteiger partial charge in [-0.2, -0.15) is 0 Å². The Hall–Kier alpha value is -3.24. The molecule has 3 N–H and O–H groups in total. The molecular formula is C8H4N2O9. The maximum atomic E-state index is 10.8. The lowest BCUT2D eigenvalue weighted by Gasteiger charge is -2.05. The summed E-state index contributed by atoms with van der Waals surface area (Å²) < 4.78 is 0. The van der Waals surface area contributed by atoms with Gasteiger partial charge in [0.1, 0.15) is 5.56 Å². The zero-order valence-electron chi connectivity index (χ0n) is 8.76. The van der Waals surface area contributed by atoms with E-state index in [0.29, 0.717) is 0 Å². The fourth-order valence-electron chi connectivity index (χ4n) is 1.35. The Balaban J connectivity index is 3.91. The Labute approximate surface area is 102 Å². The maximum Gasteiger partial charge on any atom is 0.388 e. The Kier molecular flexibility index (Phi) is 3.32. The van der Waals surface area contributed by atoms with Crippen LogP contribution in [0, 0.1) is 20.2 Å². The Bertz CT molecular complexity index is 571. The number of carboxylic acid groups (broad SMARTS) is 2. The minimum atomic E-state index is -1.96. The van der Waals surface area contributed by atoms with Gasteiger partial charge in [-0.1, -0.05) is 0 Å². The lowest BCUT2D eigenvalue weighted by atomic mass is 10.0. The van der Waals surface area contributed by atoms with Crippen molar-refractivity contribution in [3.8, 4) is 5.75 Å². The van der Waals surface area contributed by atoms with E-state index < -0.39 is 50.0 Å². The van der Waals surface area contributed by atoms with Crippen molar-refractivity contribution in [3.63, 3.8) is 0 Å². The second-order valence-corrected chi connectivity index (χ2v) is 3.14. The summed E-state index contributed by atoms with van der Waals surface area (Å²) in [6.45, 7) is 0. The predicted octanol–water partition coefficient (Wildman–Crippen LogP) is 0.605. The van der Waals surface area contributed by atoms with E-state index in [9.17, 15) is 34.9 Å². The molecule has 0 fully saturated rings. The number of benzene rings is 1. The molecule has 0 aromatic heterocycles. The zero-order valence-corrected chi connectivity index (χ0v) is 8.76. The molecule has 100 valence electrons. The number of nitrogens with zero attached hydrogens (tertiary/aromatic N) is 2. The molecule has 0 heterocycles. The van der Waals surface area contributed by atoms with Gasteiger partial charge < -0.3 is 15.3 Å². The van der Waals surface area contributed by atoms with E-state index >= 15 is 0 Å². The van der Waals surface area contributed by atoms with Gasteiger partial charge in [0.25, 0.3) is 0 Å². The van der Waals surface area contributed by atoms with Crippen molar-refractivity contribution >= 4 is 23.3 Å². The molecule has 0 aliphatic carbocycles. The predicted molar refractivity (Wildman–Crippen MR) is 55.3 cm³/mol. The Morgan fingerprint density at radius 3 is 1.89 bits per heavy atom. The third-order valence-corrected chi connectivity index (χ3v) is 2.08. The zero-order chi connectivity index (χ0) is 14.9. The lowest BCUT2D eigenvalue weighted by molar-refractivity contribution is -0.423. The summed E-state index contributed by atoms with van der Waals surface area (Å²) in [5.41, 5.74) is -5.20. The topological polar surface area (TPSA) is 181 Å². The number of phenols is 1. The summed E-state index contributed by atoms with van der Waals surface area (Å²) in [7, 11) is 0. The SMILES string of the molecule is O=C(O)c1cc([N+](=O)[O-])c([N+](=O)[O-])c(O)c1C(=O)O. The van der Waals surface area contributed by atoms with E-state index in [1.807, 2.05) is 0 Å². The third-order valence-electron chi connectivity index (χ3n) is 2.08. The molecule has 0 aliphatic rings. The van der Waals surface area contributed by atoms with Crippen LogP contribution < -0.4 is 0 Å². The molecule has 1 aromatic carbocycles. The van der Waals surface area contributed by atoms with Gasteiger partial charge in [0.2, 0.25) is 5.75 Å². The first-order valence-corrected chi connectivity index (χ1v) is 4.33. The van der Waals surface area contributed by atoms with Gasteiger partial charge in [-0.05, 0) is 0 Å². The number of hydrogen-bond donors (Lipinski definition) is 3. The van der Waals surface area contributed by atoms with E-state index in [2.05, 4.69) is 0 Å². The molecule has 0 spiro atoms. The van der Waals surface area contributed by atoms with Crippen LogP contribution in [0.3, 0.4) is 0 Å². The molecule has 0 saturated heterocycles. The first-order valence-electron chi connectivity index (χ1n) is 4.33. The molecule has 19 heavy (non-hydrogen) atoms. The second kappa shape index (κ2) is 4.56. The standard InChI is InChI=1S/C8H4N2O9/c11-6-4(8(14)15)2(7(12)13)1-3(9(16)17)5(6)10(18)19/h1,11H,(H,12,13)(H,14,15). The van der Waals surface area contributed by atoms with E-state index in [-0.39, 0.29) is 6.07 Å². The number of rotatable bonds is 4. The number of carbonyl (C=O) groups is 2. The molecule has 1 aromatic rings. The van der Waals surface area contributed by atoms with Crippen molar-refractivity contribution in [2.75, 3.05) is 0 Å². The summed E-state index contributed by atoms with van der Waals surface area (Å²) in [6, 6.07) is 0.212. The Morgan fingerprint density at radius 1 is 1.05 bits per heavy atom. The summed E-state index contributed by atoms with van der Waals surface area (Å²) in [4.78, 5) is 40.1. The van der Waals surface area contributed by atoms with Crippen molar-refractivity contribution in [1.82, 2.24) is 0 Å². The van der Waals surface area contributed by atoms with Crippen LogP contribution in [0.25, 0.3) is 0 Å². The molecule has 0 atom stereocenters. The maximum absolute atomic E-state index is 10.8. The highest BCUT2D eigenvalue weighted by molar-refractivity contribution is 6.06. The second-order valence-electron chi connectivity index (χ2n) is 3.14. The largest absolute Gasteiger partial charge is 0.501 e. The molecule has 11 heteroatoms. The van der Waals surface area contributed by atoms with Gasteiger partial charge in [-0.15, -0.1) is 0 Å². The van der Waals surface area contributed by atoms with Crippen LogP contribution in [0.5, 0.6) is 5.75 Å². The van der Waals surface area contributed by atoms with Crippen molar-refractivity contribution in [2.24, 2.45) is 0 Å². The summed E-state index contributed by atoms with van der Waals surface area (Å²) in [5, 5.41) is 48.0. The molecule has 0 amide bonds. The molecule has 0 aliphatic heterocycles. The minimum absolute atomic E-state index is 0.212. The third kappa shape index (κ3) is 2.24. The first-order chi connectivity index (χ1) is 8.68. The summed E-state index contributed by atoms with van der Waals surface area (Å²) in [6.07, 6.45) is 0. The smallest absolute Gasteiger partial charge is 0.388 e. The van der Waals surface area contributed by atoms with E-state index in [0.717, 1.165) is 0 Å². The van der Waals surface area contributed by atoms with Gasteiger partial charge in [-0.3, -0.25) is 20.2 Å². The van der Waals surface area contributed by atoms with E-state index in [4.69, 9.17) is 10.2 Å². The van der Waals surface area contributed by atoms with Gasteiger partial charge in [0.05, 0.1) is 15.4 Å². The number of aromatic carboxylic acids is 2. The number of carboxylic acids is 2. The molecule has 0 saturated carbocycles. The Morgan fingerprint density at radius 2 is 1.58 bits per heavy atom. The van der Waals surface area contributed by atoms with Crippen molar-refractivity contribution < 1.29 is 34.8 Å². The van der Waals surface area contributed by atoms with Crippen LogP contribution in [0.1, 0.15) is 20.7 Å². The fourth-order valence-corrected chi connectivity index (χ4v) is 1.35. The number of hydrogen-bond acceptors (Lipinski definition) is 7. The average molecular weight is 272 g/mol. The molecule has 0 bridgehead atoms. The van der Waals surface area contributed by atoms with Crippen LogP contribution in [0.15, 0.2) is 6.07 Å². The normalized spacial score (nSPS) is 9.89. The van der Waals surface area contributed by atoms with Crippen molar-refractivity contribution in [1.29, 1.82) is 0 Å². The van der Waals surface area contributed by atoms with Crippen molar-refractivity contribution in [3.05, 3.63) is 37.4 Å². The average Bonchev–Trinajstić information content (AvgIpc) is 2.25. The molecular weight excluding hydrogens is 268 g/mol. The number of nitro groups is 2. The lowest BCUT2D eigenvalue weighted by Crippen LogP contribution is -2.11. The van der Waals surface area contributed by atoms with Crippen LogP contribution in [-0.4, -0.2) is 37.1 Å². The van der Waals surface area contributed by atoms with E-state index in [1.54, 1.807) is 0 Å². The minimum Gasteiger partial charge on any atom is -0.501 e. The highest BCUT2D eigenvalue weighted by atomic mass is 16.6. The fraction of sp³-hybridized carbons (Fsp3) is 0. The number of aromatic hydroxyl groups is 1. The monoisotopic (exact) mass is 272 g/mol. The summed E-state index contributed by atoms with van der Waals surface area (Å²) >= 11 is 0. The van der Waals surface area contributed by atoms with Gasteiger partial charge in [-0.25, -0.2) is 9.59 Å². The van der Waals surface area contributed by atoms with Crippen molar-refractivity contribution in [2.45, 2.75) is 0 Å². The van der Waals surface area contributed by atoms with Crippen LogP contribution >= 0.6 is 0 Å². The quantitative estimate of drug-likeness (QED) is 0.521. The summed E-state index contributed by atoms with van der Waals surface area (Å²) in [5.74, 6) is -5.43.